The number of hydrogen-bond donors (Lipinski definition) is 0. The highest BCUT2D eigenvalue weighted by Gasteiger charge is 2.32. The molecule has 1 amide bonds. The molecule has 24 heavy (non-hydrogen) atoms. The molecule has 0 bridgehead atoms. The number of aliphatic imine (C=N–C) groups is 1. The molecule has 1 heterocycles. The van der Waals surface area contributed by atoms with Crippen LogP contribution in [-0.4, -0.2) is 22.5 Å². The Balaban J connectivity index is 1.92. The average Bonchev–Trinajstić information content (AvgIpc) is 2.87. The van der Waals surface area contributed by atoms with Crippen molar-refractivity contribution in [2.45, 2.75) is 20.3 Å². The summed E-state index contributed by atoms with van der Waals surface area (Å²) in [6.07, 6.45) is 2.84. The van der Waals surface area contributed by atoms with Gasteiger partial charge in [0.05, 0.1) is 10.6 Å². The van der Waals surface area contributed by atoms with E-state index in [1.165, 1.54) is 17.3 Å². The first-order valence-electron chi connectivity index (χ1n) is 8.09. The topological polar surface area (TPSA) is 32.7 Å². The molecule has 0 aromatic heterocycles. The number of carbonyl (C=O) groups excluding carboxylic acids is 1. The number of amidine groups is 1. The van der Waals surface area contributed by atoms with Crippen LogP contribution in [0.1, 0.15) is 24.5 Å². The normalized spacial score (nSPS) is 17.9. The largest absolute Gasteiger partial charge is 0.286 e. The van der Waals surface area contributed by atoms with Crippen molar-refractivity contribution in [2.75, 3.05) is 6.54 Å². The summed E-state index contributed by atoms with van der Waals surface area (Å²) in [4.78, 5) is 19.9. The van der Waals surface area contributed by atoms with Crippen LogP contribution in [0.5, 0.6) is 0 Å². The first kappa shape index (κ1) is 16.5. The molecule has 122 valence electrons. The fraction of sp³-hybridized carbons (Fsp3) is 0.200. The summed E-state index contributed by atoms with van der Waals surface area (Å²) in [6.45, 7) is 4.80. The summed E-state index contributed by atoms with van der Waals surface area (Å²) >= 11 is 1.45. The van der Waals surface area contributed by atoms with Crippen molar-refractivity contribution in [2.24, 2.45) is 4.99 Å². The van der Waals surface area contributed by atoms with Crippen molar-refractivity contribution >= 4 is 34.6 Å². The van der Waals surface area contributed by atoms with E-state index < -0.39 is 0 Å². The summed E-state index contributed by atoms with van der Waals surface area (Å²) in [5.74, 6) is 0.0385. The van der Waals surface area contributed by atoms with Gasteiger partial charge in [-0.2, -0.15) is 0 Å². The summed E-state index contributed by atoms with van der Waals surface area (Å²) in [7, 11) is 0. The maximum absolute atomic E-state index is 12.7. The maximum Gasteiger partial charge on any atom is 0.266 e. The predicted octanol–water partition coefficient (Wildman–Crippen LogP) is 5.01. The van der Waals surface area contributed by atoms with E-state index >= 15 is 0 Å². The molecule has 0 saturated carbocycles. The van der Waals surface area contributed by atoms with E-state index in [1.54, 1.807) is 4.90 Å². The average molecular weight is 336 g/mol. The van der Waals surface area contributed by atoms with Crippen LogP contribution in [0.15, 0.2) is 64.5 Å². The highest BCUT2D eigenvalue weighted by atomic mass is 32.2. The molecule has 2 aromatic carbocycles. The molecule has 0 radical (unpaired) electrons. The van der Waals surface area contributed by atoms with Gasteiger partial charge in [0, 0.05) is 6.54 Å². The highest BCUT2D eigenvalue weighted by Crippen LogP contribution is 2.34. The lowest BCUT2D eigenvalue weighted by molar-refractivity contribution is -0.122. The van der Waals surface area contributed by atoms with Gasteiger partial charge < -0.3 is 0 Å². The van der Waals surface area contributed by atoms with E-state index in [0.29, 0.717) is 6.54 Å². The number of hydrogen-bond acceptors (Lipinski definition) is 3. The SMILES string of the molecule is CCCN1C(=O)/C(=C\c2ccccc2)SC1=Nc1ccc(C)cc1. The minimum atomic E-state index is 0.0385. The van der Waals surface area contributed by atoms with Crippen molar-refractivity contribution in [1.82, 2.24) is 4.90 Å². The van der Waals surface area contributed by atoms with Crippen LogP contribution < -0.4 is 0 Å². The number of rotatable bonds is 4. The third-order valence-electron chi connectivity index (χ3n) is 3.69. The van der Waals surface area contributed by atoms with Crippen LogP contribution >= 0.6 is 11.8 Å². The van der Waals surface area contributed by atoms with Crippen molar-refractivity contribution in [3.05, 3.63) is 70.6 Å². The molecule has 1 aliphatic heterocycles. The molecule has 0 unspecified atom stereocenters. The Morgan fingerprint density at radius 3 is 2.46 bits per heavy atom. The van der Waals surface area contributed by atoms with Crippen LogP contribution in [-0.2, 0) is 4.79 Å². The summed E-state index contributed by atoms with van der Waals surface area (Å²) in [6, 6.07) is 18.0. The highest BCUT2D eigenvalue weighted by molar-refractivity contribution is 8.18. The predicted molar refractivity (Wildman–Crippen MR) is 102 cm³/mol. The molecule has 0 aliphatic carbocycles. The third-order valence-corrected chi connectivity index (χ3v) is 4.70. The van der Waals surface area contributed by atoms with E-state index in [4.69, 9.17) is 0 Å². The summed E-state index contributed by atoms with van der Waals surface area (Å²) < 4.78 is 0. The molecule has 3 nitrogen and oxygen atoms in total. The van der Waals surface area contributed by atoms with Crippen molar-refractivity contribution in [3.63, 3.8) is 0 Å². The van der Waals surface area contributed by atoms with Gasteiger partial charge in [-0.05, 0) is 48.9 Å². The summed E-state index contributed by atoms with van der Waals surface area (Å²) in [5.41, 5.74) is 3.10. The molecule has 2 aromatic rings. The second kappa shape index (κ2) is 7.49. The first-order valence-corrected chi connectivity index (χ1v) is 8.91. The third kappa shape index (κ3) is 3.77. The van der Waals surface area contributed by atoms with Gasteiger partial charge in [0.2, 0.25) is 0 Å². The van der Waals surface area contributed by atoms with E-state index in [-0.39, 0.29) is 5.91 Å². The lowest BCUT2D eigenvalue weighted by atomic mass is 10.2. The Morgan fingerprint density at radius 2 is 1.79 bits per heavy atom. The smallest absolute Gasteiger partial charge is 0.266 e. The van der Waals surface area contributed by atoms with Gasteiger partial charge in [-0.1, -0.05) is 55.0 Å². The van der Waals surface area contributed by atoms with Gasteiger partial charge in [0.1, 0.15) is 0 Å². The number of benzene rings is 2. The van der Waals surface area contributed by atoms with Crippen LogP contribution in [0, 0.1) is 6.92 Å². The molecule has 4 heteroatoms. The van der Waals surface area contributed by atoms with E-state index in [9.17, 15) is 4.79 Å². The molecule has 0 N–H and O–H groups in total. The Bertz CT molecular complexity index is 779. The van der Waals surface area contributed by atoms with Crippen molar-refractivity contribution in [3.8, 4) is 0 Å². The van der Waals surface area contributed by atoms with Gasteiger partial charge in [-0.25, -0.2) is 4.99 Å². The number of thioether (sulfide) groups is 1. The lowest BCUT2D eigenvalue weighted by Crippen LogP contribution is -2.29. The van der Waals surface area contributed by atoms with Crippen LogP contribution in [0.2, 0.25) is 0 Å². The molecule has 1 fully saturated rings. The minimum Gasteiger partial charge on any atom is -0.286 e. The zero-order valence-electron chi connectivity index (χ0n) is 13.9. The Hall–Kier alpha value is -2.33. The number of amides is 1. The minimum absolute atomic E-state index is 0.0385. The fourth-order valence-corrected chi connectivity index (χ4v) is 3.47. The standard InChI is InChI=1S/C20H20N2OS/c1-3-13-22-19(23)18(14-16-7-5-4-6-8-16)24-20(22)21-17-11-9-15(2)10-12-17/h4-12,14H,3,13H2,1-2H3/b18-14+,21-20?. The Morgan fingerprint density at radius 1 is 1.08 bits per heavy atom. The van der Waals surface area contributed by atoms with Crippen LogP contribution in [0.4, 0.5) is 5.69 Å². The quantitative estimate of drug-likeness (QED) is 0.735. The Kier molecular flexibility index (Phi) is 5.16. The fourth-order valence-electron chi connectivity index (χ4n) is 2.44. The van der Waals surface area contributed by atoms with Gasteiger partial charge >= 0.3 is 0 Å². The molecule has 1 saturated heterocycles. The second-order valence-electron chi connectivity index (χ2n) is 5.71. The maximum atomic E-state index is 12.7. The van der Waals surface area contributed by atoms with Crippen molar-refractivity contribution in [1.29, 1.82) is 0 Å². The number of carbonyl (C=O) groups is 1. The van der Waals surface area contributed by atoms with E-state index in [0.717, 1.165) is 27.7 Å². The Labute approximate surface area is 147 Å². The molecular weight excluding hydrogens is 316 g/mol. The van der Waals surface area contributed by atoms with E-state index in [1.807, 2.05) is 60.7 Å². The lowest BCUT2D eigenvalue weighted by Gasteiger charge is -2.13. The second-order valence-corrected chi connectivity index (χ2v) is 6.72. The first-order chi connectivity index (χ1) is 11.7. The molecule has 0 atom stereocenters. The summed E-state index contributed by atoms with van der Waals surface area (Å²) in [5, 5.41) is 0.757. The number of nitrogens with zero attached hydrogens (tertiary/aromatic N) is 2. The van der Waals surface area contributed by atoms with Gasteiger partial charge in [-0.15, -0.1) is 0 Å². The molecular formula is C20H20N2OS. The molecule has 1 aliphatic rings. The molecule has 3 rings (SSSR count). The van der Waals surface area contributed by atoms with Gasteiger partial charge in [-0.3, -0.25) is 9.69 Å². The monoisotopic (exact) mass is 336 g/mol. The van der Waals surface area contributed by atoms with Crippen LogP contribution in [0.3, 0.4) is 0 Å². The zero-order valence-corrected chi connectivity index (χ0v) is 14.7. The van der Waals surface area contributed by atoms with Crippen molar-refractivity contribution < 1.29 is 4.79 Å². The van der Waals surface area contributed by atoms with Gasteiger partial charge in [0.25, 0.3) is 5.91 Å². The molecule has 0 spiro atoms. The zero-order chi connectivity index (χ0) is 16.9. The van der Waals surface area contributed by atoms with E-state index in [2.05, 4.69) is 18.8 Å². The number of aryl methyl sites for hydroxylation is 1. The van der Waals surface area contributed by atoms with Gasteiger partial charge in [0.15, 0.2) is 5.17 Å². The van der Waals surface area contributed by atoms with Crippen LogP contribution in [0.25, 0.3) is 6.08 Å².